The molecule has 154 valence electrons. The predicted octanol–water partition coefficient (Wildman–Crippen LogP) is 4.45. The third kappa shape index (κ3) is 4.45. The summed E-state index contributed by atoms with van der Waals surface area (Å²) in [5, 5.41) is 11.9. The molecule has 5 rings (SSSR count). The van der Waals surface area contributed by atoms with Crippen molar-refractivity contribution in [3.63, 3.8) is 0 Å². The van der Waals surface area contributed by atoms with Gasteiger partial charge in [-0.25, -0.2) is 0 Å². The van der Waals surface area contributed by atoms with Crippen LogP contribution >= 0.6 is 11.8 Å². The lowest BCUT2D eigenvalue weighted by molar-refractivity contribution is -0.147. The van der Waals surface area contributed by atoms with Gasteiger partial charge in [0.05, 0.1) is 18.2 Å². The Hall–Kier alpha value is -2.00. The van der Waals surface area contributed by atoms with Crippen LogP contribution in [0.25, 0.3) is 0 Å². The van der Waals surface area contributed by atoms with Crippen molar-refractivity contribution in [3.8, 4) is 6.07 Å². The predicted molar refractivity (Wildman–Crippen MR) is 114 cm³/mol. The lowest BCUT2D eigenvalue weighted by atomic mass is 9.52. The van der Waals surface area contributed by atoms with Crippen molar-refractivity contribution in [3.05, 3.63) is 24.3 Å². The normalized spacial score (nSPS) is 29.3. The largest absolute Gasteiger partial charge is 0.335 e. The van der Waals surface area contributed by atoms with Crippen LogP contribution < -0.4 is 5.32 Å². The van der Waals surface area contributed by atoms with Gasteiger partial charge in [-0.05, 0) is 80.5 Å². The minimum atomic E-state index is -0.0933. The second kappa shape index (κ2) is 8.39. The van der Waals surface area contributed by atoms with E-state index in [0.29, 0.717) is 18.7 Å². The minimum absolute atomic E-state index is 0.00148. The number of anilines is 1. The lowest BCUT2D eigenvalue weighted by Crippen LogP contribution is -2.62. The Bertz CT molecular complexity index is 779. The van der Waals surface area contributed by atoms with Crippen molar-refractivity contribution in [2.45, 2.75) is 62.3 Å². The first-order valence-corrected chi connectivity index (χ1v) is 11.6. The molecule has 1 aromatic carbocycles. The molecule has 6 heteroatoms. The number of thioether (sulfide) groups is 1. The molecular weight excluding hydrogens is 382 g/mol. The number of hydrogen-bond acceptors (Lipinski definition) is 4. The quantitative estimate of drug-likeness (QED) is 0.673. The molecule has 4 fully saturated rings. The van der Waals surface area contributed by atoms with E-state index < -0.39 is 0 Å². The highest BCUT2D eigenvalue weighted by Crippen LogP contribution is 2.57. The number of carbonyl (C=O) groups is 2. The molecule has 1 N–H and O–H groups in total. The van der Waals surface area contributed by atoms with Crippen LogP contribution in [0.15, 0.2) is 29.2 Å². The van der Waals surface area contributed by atoms with Crippen molar-refractivity contribution in [1.82, 2.24) is 4.90 Å². The third-order valence-electron chi connectivity index (χ3n) is 6.86. The van der Waals surface area contributed by atoms with Crippen LogP contribution in [0, 0.1) is 29.1 Å². The van der Waals surface area contributed by atoms with Crippen LogP contribution in [0.1, 0.15) is 51.9 Å². The van der Waals surface area contributed by atoms with E-state index in [1.807, 2.05) is 24.3 Å². The summed E-state index contributed by atoms with van der Waals surface area (Å²) in [5.41, 5.74) is 0.760. The fraction of sp³-hybridized carbons (Fsp3) is 0.609. The van der Waals surface area contributed by atoms with Gasteiger partial charge in [0.2, 0.25) is 11.8 Å². The van der Waals surface area contributed by atoms with Gasteiger partial charge in [0.15, 0.2) is 0 Å². The van der Waals surface area contributed by atoms with E-state index in [-0.39, 0.29) is 17.4 Å². The Balaban J connectivity index is 1.43. The Morgan fingerprint density at radius 1 is 1.14 bits per heavy atom. The average molecular weight is 412 g/mol. The van der Waals surface area contributed by atoms with Crippen LogP contribution in [0.5, 0.6) is 0 Å². The summed E-state index contributed by atoms with van der Waals surface area (Å²) in [6.07, 6.45) is 7.83. The number of benzene rings is 1. The second-order valence-corrected chi connectivity index (χ2v) is 10.1. The number of rotatable bonds is 7. The van der Waals surface area contributed by atoms with Gasteiger partial charge in [-0.2, -0.15) is 5.26 Å². The lowest BCUT2D eigenvalue weighted by Gasteiger charge is -2.60. The van der Waals surface area contributed by atoms with Crippen LogP contribution in [0.2, 0.25) is 0 Å². The summed E-state index contributed by atoms with van der Waals surface area (Å²) in [4.78, 5) is 27.5. The van der Waals surface area contributed by atoms with Gasteiger partial charge >= 0.3 is 0 Å². The molecular formula is C23H29N3O2S. The molecule has 1 aromatic rings. The average Bonchev–Trinajstić information content (AvgIpc) is 2.66. The van der Waals surface area contributed by atoms with Gasteiger partial charge < -0.3 is 10.2 Å². The van der Waals surface area contributed by atoms with Gasteiger partial charge in [-0.3, -0.25) is 9.59 Å². The molecule has 0 aromatic heterocycles. The fourth-order valence-electron chi connectivity index (χ4n) is 6.24. The molecule has 29 heavy (non-hydrogen) atoms. The van der Waals surface area contributed by atoms with Crippen molar-refractivity contribution in [1.29, 1.82) is 5.26 Å². The smallest absolute Gasteiger partial charge is 0.233 e. The van der Waals surface area contributed by atoms with Crippen molar-refractivity contribution in [2.24, 2.45) is 17.8 Å². The first kappa shape index (κ1) is 20.3. The maximum atomic E-state index is 13.3. The van der Waals surface area contributed by atoms with Crippen molar-refractivity contribution in [2.75, 3.05) is 17.6 Å². The molecule has 4 saturated carbocycles. The van der Waals surface area contributed by atoms with E-state index in [1.54, 1.807) is 0 Å². The van der Waals surface area contributed by atoms with E-state index in [2.05, 4.69) is 16.3 Å². The van der Waals surface area contributed by atoms with E-state index in [1.165, 1.54) is 37.9 Å². The zero-order valence-corrected chi connectivity index (χ0v) is 17.8. The minimum Gasteiger partial charge on any atom is -0.335 e. The number of amides is 2. The Kier molecular flexibility index (Phi) is 5.87. The molecule has 0 spiro atoms. The monoisotopic (exact) mass is 411 g/mol. The van der Waals surface area contributed by atoms with E-state index in [4.69, 9.17) is 5.26 Å². The van der Waals surface area contributed by atoms with E-state index in [0.717, 1.165) is 47.6 Å². The summed E-state index contributed by atoms with van der Waals surface area (Å²) in [7, 11) is 0. The van der Waals surface area contributed by atoms with Crippen molar-refractivity contribution >= 4 is 29.3 Å². The molecule has 0 saturated heterocycles. The highest BCUT2D eigenvalue weighted by molar-refractivity contribution is 8.00. The molecule has 0 aliphatic heterocycles. The molecule has 4 bridgehead atoms. The molecule has 0 radical (unpaired) electrons. The van der Waals surface area contributed by atoms with Gasteiger partial charge in [0.25, 0.3) is 0 Å². The van der Waals surface area contributed by atoms with Gasteiger partial charge in [-0.1, -0.05) is 0 Å². The summed E-state index contributed by atoms with van der Waals surface area (Å²) >= 11 is 1.54. The Morgan fingerprint density at radius 3 is 2.24 bits per heavy atom. The van der Waals surface area contributed by atoms with Gasteiger partial charge in [0.1, 0.15) is 0 Å². The molecule has 5 nitrogen and oxygen atoms in total. The number of nitrogens with zero attached hydrogens (tertiary/aromatic N) is 2. The second-order valence-electron chi connectivity index (χ2n) is 9.09. The topological polar surface area (TPSA) is 73.2 Å². The summed E-state index contributed by atoms with van der Waals surface area (Å²) in [6.45, 7) is 2.05. The Labute approximate surface area is 177 Å². The van der Waals surface area contributed by atoms with Crippen LogP contribution in [0.3, 0.4) is 0 Å². The summed E-state index contributed by atoms with van der Waals surface area (Å²) in [6, 6.07) is 9.85. The van der Waals surface area contributed by atoms with E-state index >= 15 is 0 Å². The van der Waals surface area contributed by atoms with Crippen LogP contribution in [-0.4, -0.2) is 34.6 Å². The SMILES string of the molecule is CC(=O)Nc1ccc(SCC(=O)N(CCC#N)C23CC4CC(CC(C4)C2)C3)cc1. The highest BCUT2D eigenvalue weighted by atomic mass is 32.2. The highest BCUT2D eigenvalue weighted by Gasteiger charge is 2.54. The molecule has 0 atom stereocenters. The summed E-state index contributed by atoms with van der Waals surface area (Å²) < 4.78 is 0. The first-order valence-electron chi connectivity index (χ1n) is 10.7. The summed E-state index contributed by atoms with van der Waals surface area (Å²) in [5.74, 6) is 2.78. The molecule has 0 unspecified atom stereocenters. The number of carbonyl (C=O) groups excluding carboxylic acids is 2. The van der Waals surface area contributed by atoms with Crippen LogP contribution in [-0.2, 0) is 9.59 Å². The standard InChI is InChI=1S/C23H29N3O2S/c1-16(27)25-20-3-5-21(6-4-20)29-15-22(28)26(8-2-7-24)23-12-17-9-18(13-23)11-19(10-17)14-23/h3-6,17-19H,2,8-15H2,1H3,(H,25,27). The number of hydrogen-bond donors (Lipinski definition) is 1. The van der Waals surface area contributed by atoms with Crippen LogP contribution in [0.4, 0.5) is 5.69 Å². The third-order valence-corrected chi connectivity index (χ3v) is 7.86. The number of nitriles is 1. The number of nitrogens with one attached hydrogen (secondary N) is 1. The first-order chi connectivity index (χ1) is 14.0. The van der Waals surface area contributed by atoms with Gasteiger partial charge in [-0.15, -0.1) is 11.8 Å². The van der Waals surface area contributed by atoms with Crippen molar-refractivity contribution < 1.29 is 9.59 Å². The Morgan fingerprint density at radius 2 is 1.72 bits per heavy atom. The van der Waals surface area contributed by atoms with Gasteiger partial charge in [0, 0.05) is 29.6 Å². The maximum Gasteiger partial charge on any atom is 0.233 e. The zero-order valence-electron chi connectivity index (χ0n) is 17.0. The molecule has 4 aliphatic carbocycles. The zero-order chi connectivity index (χ0) is 20.4. The van der Waals surface area contributed by atoms with E-state index in [9.17, 15) is 9.59 Å². The fourth-order valence-corrected chi connectivity index (χ4v) is 7.02. The molecule has 0 heterocycles. The maximum absolute atomic E-state index is 13.3. The molecule has 4 aliphatic rings. The molecule has 2 amide bonds.